The van der Waals surface area contributed by atoms with Gasteiger partial charge in [0.15, 0.2) is 0 Å². The highest BCUT2D eigenvalue weighted by Crippen LogP contribution is 2.23. The molecule has 0 atom stereocenters. The maximum atomic E-state index is 13.0. The first-order valence-electron chi connectivity index (χ1n) is 10.8. The fourth-order valence-electron chi connectivity index (χ4n) is 3.87. The number of benzene rings is 2. The van der Waals surface area contributed by atoms with Crippen LogP contribution in [0.2, 0.25) is 0 Å². The molecule has 32 heavy (non-hydrogen) atoms. The number of para-hydroxylation sites is 1. The minimum atomic E-state index is -3.59. The highest BCUT2D eigenvalue weighted by atomic mass is 32.2. The van der Waals surface area contributed by atoms with Crippen molar-refractivity contribution in [2.75, 3.05) is 18.4 Å². The monoisotopic (exact) mass is 454 g/mol. The number of carbonyl (C=O) groups excluding carboxylic acids is 1. The maximum Gasteiger partial charge on any atom is 0.258 e. The number of carbonyl (C=O) groups is 1. The van der Waals surface area contributed by atoms with E-state index < -0.39 is 10.0 Å². The molecule has 9 heteroatoms. The minimum absolute atomic E-state index is 0.102. The van der Waals surface area contributed by atoms with Crippen LogP contribution in [0.25, 0.3) is 10.9 Å². The van der Waals surface area contributed by atoms with Gasteiger partial charge in [-0.1, -0.05) is 31.0 Å². The molecule has 0 unspecified atom stereocenters. The second-order valence-corrected chi connectivity index (χ2v) is 9.86. The van der Waals surface area contributed by atoms with E-state index >= 15 is 0 Å². The van der Waals surface area contributed by atoms with Gasteiger partial charge < -0.3 is 10.3 Å². The summed E-state index contributed by atoms with van der Waals surface area (Å²) >= 11 is 0. The molecule has 0 aliphatic carbocycles. The lowest BCUT2D eigenvalue weighted by molar-refractivity contribution is -0.116. The largest absolute Gasteiger partial charge is 0.326 e. The molecule has 1 saturated heterocycles. The third-order valence-corrected chi connectivity index (χ3v) is 7.47. The van der Waals surface area contributed by atoms with Crippen molar-refractivity contribution in [3.63, 3.8) is 0 Å². The summed E-state index contributed by atoms with van der Waals surface area (Å²) in [7, 11) is -3.59. The van der Waals surface area contributed by atoms with Crippen LogP contribution in [-0.2, 0) is 21.2 Å². The first-order chi connectivity index (χ1) is 15.4. The minimum Gasteiger partial charge on any atom is -0.326 e. The van der Waals surface area contributed by atoms with Gasteiger partial charge in [0.25, 0.3) is 5.56 Å². The van der Waals surface area contributed by atoms with E-state index in [1.54, 1.807) is 42.5 Å². The van der Waals surface area contributed by atoms with Crippen LogP contribution >= 0.6 is 0 Å². The van der Waals surface area contributed by atoms with Gasteiger partial charge in [-0.15, -0.1) is 0 Å². The van der Waals surface area contributed by atoms with E-state index in [1.807, 2.05) is 0 Å². The number of anilines is 1. The van der Waals surface area contributed by atoms with Crippen LogP contribution in [0.4, 0.5) is 5.69 Å². The zero-order chi connectivity index (χ0) is 22.6. The maximum absolute atomic E-state index is 13.0. The van der Waals surface area contributed by atoms with Crippen LogP contribution in [0, 0.1) is 0 Å². The number of aromatic amines is 1. The van der Waals surface area contributed by atoms with Crippen molar-refractivity contribution < 1.29 is 13.2 Å². The molecule has 3 aromatic rings. The molecule has 0 saturated carbocycles. The lowest BCUT2D eigenvalue weighted by Crippen LogP contribution is -2.32. The molecule has 0 bridgehead atoms. The summed E-state index contributed by atoms with van der Waals surface area (Å²) in [6.45, 7) is 1.05. The Hall–Kier alpha value is -3.04. The van der Waals surface area contributed by atoms with Crippen LogP contribution in [0.5, 0.6) is 0 Å². The third-order valence-electron chi connectivity index (χ3n) is 5.57. The molecule has 1 aliphatic rings. The van der Waals surface area contributed by atoms with Gasteiger partial charge in [0, 0.05) is 31.6 Å². The molecule has 1 amide bonds. The van der Waals surface area contributed by atoms with Crippen molar-refractivity contribution in [1.29, 1.82) is 0 Å². The molecule has 2 aromatic carbocycles. The lowest BCUT2D eigenvalue weighted by Gasteiger charge is -2.20. The molecular formula is C23H26N4O4S. The van der Waals surface area contributed by atoms with Crippen LogP contribution in [-0.4, -0.2) is 41.7 Å². The second kappa shape index (κ2) is 9.62. The van der Waals surface area contributed by atoms with Gasteiger partial charge in [0.1, 0.15) is 5.82 Å². The number of aryl methyl sites for hydroxylation is 1. The fraction of sp³-hybridized carbons (Fsp3) is 0.348. The Balaban J connectivity index is 1.42. The molecule has 1 fully saturated rings. The molecule has 2 N–H and O–H groups in total. The first-order valence-corrected chi connectivity index (χ1v) is 12.3. The van der Waals surface area contributed by atoms with E-state index in [4.69, 9.17) is 0 Å². The highest BCUT2D eigenvalue weighted by Gasteiger charge is 2.25. The van der Waals surface area contributed by atoms with Crippen LogP contribution in [0.3, 0.4) is 0 Å². The molecule has 4 rings (SSSR count). The Morgan fingerprint density at radius 3 is 2.56 bits per heavy atom. The quantitative estimate of drug-likeness (QED) is 0.594. The number of amides is 1. The van der Waals surface area contributed by atoms with E-state index in [2.05, 4.69) is 15.3 Å². The molecule has 1 aliphatic heterocycles. The van der Waals surface area contributed by atoms with E-state index in [9.17, 15) is 18.0 Å². The topological polar surface area (TPSA) is 112 Å². The summed E-state index contributed by atoms with van der Waals surface area (Å²) < 4.78 is 27.5. The van der Waals surface area contributed by atoms with Crippen molar-refractivity contribution in [2.24, 2.45) is 0 Å². The predicted octanol–water partition coefficient (Wildman–Crippen LogP) is 3.06. The average molecular weight is 455 g/mol. The number of fused-ring (bicyclic) bond motifs is 1. The third kappa shape index (κ3) is 5.05. The number of nitrogens with zero attached hydrogens (tertiary/aromatic N) is 2. The van der Waals surface area contributed by atoms with Crippen molar-refractivity contribution in [3.8, 4) is 0 Å². The number of nitrogens with one attached hydrogen (secondary N) is 2. The highest BCUT2D eigenvalue weighted by molar-refractivity contribution is 7.89. The molecule has 1 aromatic heterocycles. The molecule has 0 radical (unpaired) electrons. The molecule has 8 nitrogen and oxygen atoms in total. The van der Waals surface area contributed by atoms with Gasteiger partial charge in [-0.05, 0) is 43.2 Å². The Kier molecular flexibility index (Phi) is 6.66. The molecular weight excluding hydrogens is 428 g/mol. The Morgan fingerprint density at radius 1 is 1.03 bits per heavy atom. The summed E-state index contributed by atoms with van der Waals surface area (Å²) in [5, 5.41) is 3.25. The van der Waals surface area contributed by atoms with Gasteiger partial charge in [-0.3, -0.25) is 9.59 Å². The SMILES string of the molecule is O=C(CCc1nc2ccccc2c(=O)[nH]1)Nc1cccc(S(=O)(=O)N2CCCCCC2)c1. The number of rotatable bonds is 6. The molecule has 0 spiro atoms. The van der Waals surface area contributed by atoms with Gasteiger partial charge in [-0.25, -0.2) is 13.4 Å². The van der Waals surface area contributed by atoms with E-state index in [0.29, 0.717) is 35.5 Å². The number of hydrogen-bond donors (Lipinski definition) is 2. The van der Waals surface area contributed by atoms with Crippen LogP contribution in [0.1, 0.15) is 37.9 Å². The zero-order valence-corrected chi connectivity index (χ0v) is 18.5. The Morgan fingerprint density at radius 2 is 1.78 bits per heavy atom. The zero-order valence-electron chi connectivity index (χ0n) is 17.7. The van der Waals surface area contributed by atoms with Crippen LogP contribution in [0.15, 0.2) is 58.2 Å². The van der Waals surface area contributed by atoms with Gasteiger partial charge in [0.2, 0.25) is 15.9 Å². The van der Waals surface area contributed by atoms with Gasteiger partial charge in [0.05, 0.1) is 15.8 Å². The summed E-state index contributed by atoms with van der Waals surface area (Å²) in [4.78, 5) is 31.9. The van der Waals surface area contributed by atoms with Crippen molar-refractivity contribution in [2.45, 2.75) is 43.4 Å². The number of H-pyrrole nitrogens is 1. The molecule has 168 valence electrons. The number of sulfonamides is 1. The fourth-order valence-corrected chi connectivity index (χ4v) is 5.44. The van der Waals surface area contributed by atoms with E-state index in [0.717, 1.165) is 25.7 Å². The average Bonchev–Trinajstić information content (AvgIpc) is 3.08. The normalized spacial score (nSPS) is 15.4. The van der Waals surface area contributed by atoms with Gasteiger partial charge in [-0.2, -0.15) is 4.31 Å². The summed E-state index contributed by atoms with van der Waals surface area (Å²) in [5.41, 5.74) is 0.765. The van der Waals surface area contributed by atoms with Gasteiger partial charge >= 0.3 is 0 Å². The van der Waals surface area contributed by atoms with Crippen molar-refractivity contribution >= 4 is 32.5 Å². The number of aromatic nitrogens is 2. The first kappa shape index (κ1) is 22.2. The van der Waals surface area contributed by atoms with Crippen molar-refractivity contribution in [3.05, 3.63) is 64.7 Å². The summed E-state index contributed by atoms with van der Waals surface area (Å²) in [5.74, 6) is 0.145. The summed E-state index contributed by atoms with van der Waals surface area (Å²) in [6, 6.07) is 13.4. The Labute approximate surface area is 186 Å². The second-order valence-electron chi connectivity index (χ2n) is 7.92. The standard InChI is InChI=1S/C23H26N4O4S/c28-22(13-12-21-25-20-11-4-3-10-19(20)23(29)26-21)24-17-8-7-9-18(16-17)32(30,31)27-14-5-1-2-6-15-27/h3-4,7-11,16H,1-2,5-6,12-15H2,(H,24,28)(H,25,26,29). The van der Waals surface area contributed by atoms with E-state index in [-0.39, 0.29) is 29.2 Å². The van der Waals surface area contributed by atoms with Crippen LogP contribution < -0.4 is 10.9 Å². The number of hydrogen-bond acceptors (Lipinski definition) is 5. The van der Waals surface area contributed by atoms with Crippen molar-refractivity contribution in [1.82, 2.24) is 14.3 Å². The Bertz CT molecular complexity index is 1280. The predicted molar refractivity (Wildman–Crippen MR) is 123 cm³/mol. The summed E-state index contributed by atoms with van der Waals surface area (Å²) in [6.07, 6.45) is 4.17. The molecule has 2 heterocycles. The van der Waals surface area contributed by atoms with E-state index in [1.165, 1.54) is 10.4 Å². The lowest BCUT2D eigenvalue weighted by atomic mass is 10.2. The smallest absolute Gasteiger partial charge is 0.258 e.